The molecular weight excluding hydrogens is 296 g/mol. The Kier molecular flexibility index (Phi) is 5.40. The molecule has 122 valence electrons. The summed E-state index contributed by atoms with van der Waals surface area (Å²) in [5, 5.41) is 6.61. The van der Waals surface area contributed by atoms with Crippen LogP contribution in [0.25, 0.3) is 11.3 Å². The lowest BCUT2D eigenvalue weighted by molar-refractivity contribution is 0.996. The Morgan fingerprint density at radius 2 is 1.54 bits per heavy atom. The molecule has 0 radical (unpaired) electrons. The van der Waals surface area contributed by atoms with Gasteiger partial charge in [0.15, 0.2) is 0 Å². The first-order chi connectivity index (χ1) is 11.8. The highest BCUT2D eigenvalue weighted by Gasteiger charge is 2.06. The summed E-state index contributed by atoms with van der Waals surface area (Å²) in [6.07, 6.45) is 0.960. The van der Waals surface area contributed by atoms with Crippen molar-refractivity contribution in [3.05, 3.63) is 72.3 Å². The maximum atomic E-state index is 4.60. The number of hydrogen-bond donors (Lipinski definition) is 2. The van der Waals surface area contributed by atoms with Gasteiger partial charge in [0.25, 0.3) is 0 Å². The highest BCUT2D eigenvalue weighted by Crippen LogP contribution is 2.21. The Morgan fingerprint density at radius 1 is 0.833 bits per heavy atom. The molecule has 0 saturated heterocycles. The summed E-state index contributed by atoms with van der Waals surface area (Å²) >= 11 is 0. The average Bonchev–Trinajstić information content (AvgIpc) is 2.63. The molecule has 3 rings (SSSR count). The first-order valence-electron chi connectivity index (χ1n) is 8.31. The molecule has 1 heterocycles. The molecule has 0 bridgehead atoms. The minimum Gasteiger partial charge on any atom is -0.370 e. The van der Waals surface area contributed by atoms with Crippen LogP contribution in [0.1, 0.15) is 12.5 Å². The zero-order valence-electron chi connectivity index (χ0n) is 13.9. The Hall–Kier alpha value is -2.88. The summed E-state index contributed by atoms with van der Waals surface area (Å²) in [6, 6.07) is 22.6. The van der Waals surface area contributed by atoms with Gasteiger partial charge in [0.2, 0.25) is 5.95 Å². The van der Waals surface area contributed by atoms with Crippen molar-refractivity contribution < 1.29 is 0 Å². The molecule has 4 nitrogen and oxygen atoms in total. The first kappa shape index (κ1) is 16.0. The van der Waals surface area contributed by atoms with Crippen LogP contribution in [0.15, 0.2) is 66.7 Å². The molecule has 0 fully saturated rings. The van der Waals surface area contributed by atoms with Gasteiger partial charge in [0.05, 0.1) is 5.69 Å². The number of hydrogen-bond acceptors (Lipinski definition) is 4. The normalized spacial score (nSPS) is 10.4. The van der Waals surface area contributed by atoms with Crippen molar-refractivity contribution in [2.75, 3.05) is 23.7 Å². The molecule has 0 atom stereocenters. The summed E-state index contributed by atoms with van der Waals surface area (Å²) in [6.45, 7) is 3.67. The second kappa shape index (κ2) is 8.11. The molecule has 1 aromatic heterocycles. The minimum atomic E-state index is 0.654. The van der Waals surface area contributed by atoms with E-state index in [1.165, 1.54) is 5.56 Å². The maximum absolute atomic E-state index is 4.60. The first-order valence-corrected chi connectivity index (χ1v) is 8.31. The largest absolute Gasteiger partial charge is 0.370 e. The van der Waals surface area contributed by atoms with Crippen LogP contribution in [0.4, 0.5) is 11.8 Å². The molecule has 0 aliphatic rings. The van der Waals surface area contributed by atoms with Crippen molar-refractivity contribution >= 4 is 11.8 Å². The number of aromatic nitrogens is 2. The van der Waals surface area contributed by atoms with E-state index in [0.29, 0.717) is 5.95 Å². The number of nitrogens with one attached hydrogen (secondary N) is 2. The fourth-order valence-corrected chi connectivity index (χ4v) is 2.51. The zero-order valence-corrected chi connectivity index (χ0v) is 13.9. The van der Waals surface area contributed by atoms with Crippen LogP contribution < -0.4 is 10.6 Å². The average molecular weight is 318 g/mol. The van der Waals surface area contributed by atoms with Gasteiger partial charge in [0.1, 0.15) is 5.82 Å². The standard InChI is InChI=1S/C20H22N4/c1-2-21-20-23-18(17-11-7-4-8-12-17)15-19(24-20)22-14-13-16-9-5-3-6-10-16/h3-12,15H,2,13-14H2,1H3,(H2,21,22,23,24). The third-order valence-electron chi connectivity index (χ3n) is 3.69. The van der Waals surface area contributed by atoms with Crippen molar-refractivity contribution in [3.63, 3.8) is 0 Å². The molecule has 3 aromatic rings. The second-order valence-electron chi connectivity index (χ2n) is 5.52. The summed E-state index contributed by atoms with van der Waals surface area (Å²) < 4.78 is 0. The van der Waals surface area contributed by atoms with E-state index < -0.39 is 0 Å². The van der Waals surface area contributed by atoms with Crippen molar-refractivity contribution in [1.82, 2.24) is 9.97 Å². The van der Waals surface area contributed by atoms with E-state index in [1.54, 1.807) is 0 Å². The van der Waals surface area contributed by atoms with Crippen LogP contribution in [0.3, 0.4) is 0 Å². The lowest BCUT2D eigenvalue weighted by Gasteiger charge is -2.11. The molecule has 0 saturated carbocycles. The molecule has 0 aliphatic heterocycles. The summed E-state index contributed by atoms with van der Waals surface area (Å²) in [5.41, 5.74) is 3.32. The molecular formula is C20H22N4. The number of anilines is 2. The quantitative estimate of drug-likeness (QED) is 0.684. The predicted molar refractivity (Wildman–Crippen MR) is 100 cm³/mol. The maximum Gasteiger partial charge on any atom is 0.225 e. The fourth-order valence-electron chi connectivity index (χ4n) is 2.51. The van der Waals surface area contributed by atoms with Gasteiger partial charge in [-0.1, -0.05) is 60.7 Å². The van der Waals surface area contributed by atoms with Crippen LogP contribution in [-0.4, -0.2) is 23.1 Å². The molecule has 2 aromatic carbocycles. The topological polar surface area (TPSA) is 49.8 Å². The van der Waals surface area contributed by atoms with Crippen LogP contribution in [0, 0.1) is 0 Å². The summed E-state index contributed by atoms with van der Waals surface area (Å²) in [7, 11) is 0. The van der Waals surface area contributed by atoms with Crippen molar-refractivity contribution in [2.24, 2.45) is 0 Å². The predicted octanol–water partition coefficient (Wildman–Crippen LogP) is 4.23. The monoisotopic (exact) mass is 318 g/mol. The van der Waals surface area contributed by atoms with E-state index in [9.17, 15) is 0 Å². The SMILES string of the molecule is CCNc1nc(NCCc2ccccc2)cc(-c2ccccc2)n1. The van der Waals surface area contributed by atoms with E-state index in [0.717, 1.165) is 36.6 Å². The lowest BCUT2D eigenvalue weighted by atomic mass is 10.1. The Labute approximate surface area is 143 Å². The third kappa shape index (κ3) is 4.32. The van der Waals surface area contributed by atoms with Crippen LogP contribution >= 0.6 is 0 Å². The number of rotatable bonds is 7. The zero-order chi connectivity index (χ0) is 16.6. The Morgan fingerprint density at radius 3 is 2.25 bits per heavy atom. The number of nitrogens with zero attached hydrogens (tertiary/aromatic N) is 2. The van der Waals surface area contributed by atoms with E-state index >= 15 is 0 Å². The number of benzene rings is 2. The van der Waals surface area contributed by atoms with Gasteiger partial charge in [-0.05, 0) is 18.9 Å². The third-order valence-corrected chi connectivity index (χ3v) is 3.69. The molecule has 4 heteroatoms. The molecule has 0 spiro atoms. The van der Waals surface area contributed by atoms with Gasteiger partial charge in [-0.3, -0.25) is 0 Å². The van der Waals surface area contributed by atoms with E-state index in [4.69, 9.17) is 0 Å². The Balaban J connectivity index is 1.75. The minimum absolute atomic E-state index is 0.654. The van der Waals surface area contributed by atoms with E-state index in [2.05, 4.69) is 57.0 Å². The van der Waals surface area contributed by atoms with Crippen LogP contribution in [-0.2, 0) is 6.42 Å². The highest BCUT2D eigenvalue weighted by atomic mass is 15.1. The smallest absolute Gasteiger partial charge is 0.225 e. The van der Waals surface area contributed by atoms with Gasteiger partial charge in [-0.15, -0.1) is 0 Å². The van der Waals surface area contributed by atoms with Gasteiger partial charge in [-0.2, -0.15) is 4.98 Å². The summed E-state index contributed by atoms with van der Waals surface area (Å²) in [4.78, 5) is 9.14. The van der Waals surface area contributed by atoms with E-state index in [-0.39, 0.29) is 0 Å². The van der Waals surface area contributed by atoms with Crippen molar-refractivity contribution in [1.29, 1.82) is 0 Å². The molecule has 24 heavy (non-hydrogen) atoms. The van der Waals surface area contributed by atoms with Crippen molar-refractivity contribution in [3.8, 4) is 11.3 Å². The van der Waals surface area contributed by atoms with Gasteiger partial charge >= 0.3 is 0 Å². The van der Waals surface area contributed by atoms with Gasteiger partial charge in [-0.25, -0.2) is 4.98 Å². The van der Waals surface area contributed by atoms with Gasteiger partial charge < -0.3 is 10.6 Å². The molecule has 0 amide bonds. The van der Waals surface area contributed by atoms with Crippen molar-refractivity contribution in [2.45, 2.75) is 13.3 Å². The molecule has 0 unspecified atom stereocenters. The van der Waals surface area contributed by atoms with Gasteiger partial charge in [0, 0.05) is 24.7 Å². The second-order valence-corrected chi connectivity index (χ2v) is 5.52. The molecule has 0 aliphatic carbocycles. The highest BCUT2D eigenvalue weighted by molar-refractivity contribution is 5.64. The lowest BCUT2D eigenvalue weighted by Crippen LogP contribution is -2.09. The van der Waals surface area contributed by atoms with Crippen LogP contribution in [0.2, 0.25) is 0 Å². The Bertz CT molecular complexity index is 757. The molecule has 2 N–H and O–H groups in total. The fraction of sp³-hybridized carbons (Fsp3) is 0.200. The van der Waals surface area contributed by atoms with Crippen LogP contribution in [0.5, 0.6) is 0 Å². The van der Waals surface area contributed by atoms with E-state index in [1.807, 2.05) is 37.3 Å². The summed E-state index contributed by atoms with van der Waals surface area (Å²) in [5.74, 6) is 1.50.